The van der Waals surface area contributed by atoms with E-state index in [1.54, 1.807) is 12.1 Å². The van der Waals surface area contributed by atoms with Gasteiger partial charge in [-0.05, 0) is 30.5 Å². The van der Waals surface area contributed by atoms with Crippen molar-refractivity contribution in [2.24, 2.45) is 5.73 Å². The topological polar surface area (TPSA) is 35.2 Å². The lowest BCUT2D eigenvalue weighted by Gasteiger charge is -2.16. The van der Waals surface area contributed by atoms with Gasteiger partial charge in [0.15, 0.2) is 11.6 Å². The Morgan fingerprint density at radius 2 is 2.00 bits per heavy atom. The number of nitrogens with two attached hydrogens (primary N) is 1. The zero-order valence-corrected chi connectivity index (χ0v) is 9.29. The van der Waals surface area contributed by atoms with Gasteiger partial charge in [-0.15, -0.1) is 0 Å². The average Bonchev–Trinajstić information content (AvgIpc) is 2.27. The number of halogens is 1. The van der Waals surface area contributed by atoms with Crippen molar-refractivity contribution in [3.05, 3.63) is 29.6 Å². The fraction of sp³-hybridized carbons (Fsp3) is 0.500. The highest BCUT2D eigenvalue weighted by molar-refractivity contribution is 5.29. The Morgan fingerprint density at radius 1 is 1.33 bits per heavy atom. The van der Waals surface area contributed by atoms with Gasteiger partial charge in [-0.1, -0.05) is 19.9 Å². The molecule has 0 saturated heterocycles. The first kappa shape index (κ1) is 12.0. The van der Waals surface area contributed by atoms with Crippen LogP contribution in [0.15, 0.2) is 18.2 Å². The van der Waals surface area contributed by atoms with Gasteiger partial charge in [0.25, 0.3) is 0 Å². The molecule has 0 aliphatic carbocycles. The van der Waals surface area contributed by atoms with E-state index in [0.717, 1.165) is 18.4 Å². The van der Waals surface area contributed by atoms with Crippen LogP contribution in [0.4, 0.5) is 4.39 Å². The summed E-state index contributed by atoms with van der Waals surface area (Å²) in [5.41, 5.74) is 6.20. The summed E-state index contributed by atoms with van der Waals surface area (Å²) in [6.07, 6.45) is 1.85. The lowest BCUT2D eigenvalue weighted by molar-refractivity contribution is 0.184. The smallest absolute Gasteiger partial charge is 0.165 e. The monoisotopic (exact) mass is 211 g/mol. The second kappa shape index (κ2) is 5.71. The van der Waals surface area contributed by atoms with Gasteiger partial charge in [-0.3, -0.25) is 0 Å². The van der Waals surface area contributed by atoms with Crippen LogP contribution in [-0.4, -0.2) is 6.10 Å². The van der Waals surface area contributed by atoms with E-state index in [4.69, 9.17) is 10.5 Å². The Kier molecular flexibility index (Phi) is 4.56. The summed E-state index contributed by atoms with van der Waals surface area (Å²) >= 11 is 0. The van der Waals surface area contributed by atoms with E-state index in [1.807, 2.05) is 13.8 Å². The van der Waals surface area contributed by atoms with Gasteiger partial charge in [0.2, 0.25) is 0 Å². The van der Waals surface area contributed by atoms with Crippen molar-refractivity contribution in [3.63, 3.8) is 0 Å². The summed E-state index contributed by atoms with van der Waals surface area (Å²) < 4.78 is 19.0. The molecule has 0 saturated carbocycles. The molecule has 0 aromatic heterocycles. The van der Waals surface area contributed by atoms with E-state index in [2.05, 4.69) is 0 Å². The molecular weight excluding hydrogens is 193 g/mol. The second-order valence-electron chi connectivity index (χ2n) is 3.53. The predicted molar refractivity (Wildman–Crippen MR) is 59.3 cm³/mol. The van der Waals surface area contributed by atoms with Crippen LogP contribution in [0.2, 0.25) is 0 Å². The molecular formula is C12H18FNO. The maximum absolute atomic E-state index is 13.5. The second-order valence-corrected chi connectivity index (χ2v) is 3.53. The first-order valence-electron chi connectivity index (χ1n) is 5.36. The summed E-state index contributed by atoms with van der Waals surface area (Å²) in [5, 5.41) is 0. The molecule has 1 aromatic rings. The average molecular weight is 211 g/mol. The van der Waals surface area contributed by atoms with E-state index in [1.165, 1.54) is 6.07 Å². The third kappa shape index (κ3) is 3.20. The van der Waals surface area contributed by atoms with E-state index in [-0.39, 0.29) is 11.9 Å². The Labute approximate surface area is 90.2 Å². The molecule has 15 heavy (non-hydrogen) atoms. The van der Waals surface area contributed by atoms with Crippen molar-refractivity contribution in [2.45, 2.75) is 39.3 Å². The summed E-state index contributed by atoms with van der Waals surface area (Å²) in [6, 6.07) is 4.87. The minimum Gasteiger partial charge on any atom is -0.487 e. The van der Waals surface area contributed by atoms with Gasteiger partial charge in [0.05, 0.1) is 6.10 Å². The summed E-state index contributed by atoms with van der Waals surface area (Å²) in [4.78, 5) is 0. The van der Waals surface area contributed by atoms with Gasteiger partial charge in [-0.25, -0.2) is 4.39 Å². The third-order valence-corrected chi connectivity index (χ3v) is 2.44. The Bertz CT molecular complexity index is 310. The third-order valence-electron chi connectivity index (χ3n) is 2.44. The summed E-state index contributed by atoms with van der Waals surface area (Å²) in [5.74, 6) is -0.00856. The van der Waals surface area contributed by atoms with Gasteiger partial charge in [0.1, 0.15) is 0 Å². The molecule has 0 unspecified atom stereocenters. The highest BCUT2D eigenvalue weighted by Crippen LogP contribution is 2.21. The van der Waals surface area contributed by atoms with Gasteiger partial charge in [0, 0.05) is 6.54 Å². The minimum absolute atomic E-state index is 0.0863. The zero-order chi connectivity index (χ0) is 11.3. The molecule has 2 nitrogen and oxygen atoms in total. The van der Waals surface area contributed by atoms with Crippen LogP contribution in [0.25, 0.3) is 0 Å². The summed E-state index contributed by atoms with van der Waals surface area (Å²) in [6.45, 7) is 4.41. The van der Waals surface area contributed by atoms with Crippen molar-refractivity contribution in [1.29, 1.82) is 0 Å². The van der Waals surface area contributed by atoms with Crippen LogP contribution >= 0.6 is 0 Å². The van der Waals surface area contributed by atoms with Crippen molar-refractivity contribution >= 4 is 0 Å². The van der Waals surface area contributed by atoms with Crippen LogP contribution in [0.5, 0.6) is 5.75 Å². The van der Waals surface area contributed by atoms with Gasteiger partial charge in [-0.2, -0.15) is 0 Å². The number of rotatable bonds is 5. The minimum atomic E-state index is -0.329. The summed E-state index contributed by atoms with van der Waals surface area (Å²) in [7, 11) is 0. The van der Waals surface area contributed by atoms with Crippen LogP contribution in [0.3, 0.4) is 0 Å². The maximum Gasteiger partial charge on any atom is 0.165 e. The van der Waals surface area contributed by atoms with Crippen LogP contribution in [0.1, 0.15) is 32.3 Å². The molecule has 0 bridgehead atoms. The Morgan fingerprint density at radius 3 is 2.47 bits per heavy atom. The van der Waals surface area contributed by atoms with E-state index < -0.39 is 0 Å². The first-order valence-corrected chi connectivity index (χ1v) is 5.36. The number of ether oxygens (including phenoxy) is 1. The molecule has 3 heteroatoms. The van der Waals surface area contributed by atoms with Gasteiger partial charge < -0.3 is 10.5 Å². The Balaban J connectivity index is 2.77. The Hall–Kier alpha value is -1.09. The molecule has 0 radical (unpaired) electrons. The molecule has 2 N–H and O–H groups in total. The fourth-order valence-electron chi connectivity index (χ4n) is 1.40. The normalized spacial score (nSPS) is 10.7. The lowest BCUT2D eigenvalue weighted by atomic mass is 10.2. The number of hydrogen-bond donors (Lipinski definition) is 1. The van der Waals surface area contributed by atoms with E-state index in [9.17, 15) is 4.39 Å². The zero-order valence-electron chi connectivity index (χ0n) is 9.29. The molecule has 0 heterocycles. The van der Waals surface area contributed by atoms with E-state index in [0.29, 0.717) is 12.3 Å². The molecule has 84 valence electrons. The quantitative estimate of drug-likeness (QED) is 0.812. The molecule has 0 aliphatic rings. The van der Waals surface area contributed by atoms with Crippen LogP contribution in [0, 0.1) is 5.82 Å². The molecule has 1 aromatic carbocycles. The standard InChI is InChI=1S/C12H18FNO/c1-3-10(4-2)15-12-6-5-9(8-14)7-11(12)13/h5-7,10H,3-4,8,14H2,1-2H3. The highest BCUT2D eigenvalue weighted by atomic mass is 19.1. The van der Waals surface area contributed by atoms with Crippen molar-refractivity contribution in [3.8, 4) is 5.75 Å². The number of benzene rings is 1. The SMILES string of the molecule is CCC(CC)Oc1ccc(CN)cc1F. The maximum atomic E-state index is 13.5. The molecule has 0 aliphatic heterocycles. The van der Waals surface area contributed by atoms with Gasteiger partial charge >= 0.3 is 0 Å². The van der Waals surface area contributed by atoms with Crippen molar-refractivity contribution in [2.75, 3.05) is 0 Å². The molecule has 1 rings (SSSR count). The van der Waals surface area contributed by atoms with Crippen molar-refractivity contribution in [1.82, 2.24) is 0 Å². The molecule has 0 atom stereocenters. The largest absolute Gasteiger partial charge is 0.487 e. The predicted octanol–water partition coefficient (Wildman–Crippen LogP) is 2.85. The van der Waals surface area contributed by atoms with Crippen LogP contribution in [-0.2, 0) is 6.54 Å². The van der Waals surface area contributed by atoms with E-state index >= 15 is 0 Å². The molecule has 0 amide bonds. The fourth-order valence-corrected chi connectivity index (χ4v) is 1.40. The number of hydrogen-bond acceptors (Lipinski definition) is 2. The van der Waals surface area contributed by atoms with Crippen LogP contribution < -0.4 is 10.5 Å². The highest BCUT2D eigenvalue weighted by Gasteiger charge is 2.09. The molecule has 0 spiro atoms. The van der Waals surface area contributed by atoms with Crippen molar-refractivity contribution < 1.29 is 9.13 Å². The lowest BCUT2D eigenvalue weighted by Crippen LogP contribution is -2.14. The molecule has 0 fully saturated rings. The first-order chi connectivity index (χ1) is 7.21.